The van der Waals surface area contributed by atoms with E-state index in [-0.39, 0.29) is 45.5 Å². The summed E-state index contributed by atoms with van der Waals surface area (Å²) >= 11 is 4.21. The molecule has 0 heterocycles. The fourth-order valence-corrected chi connectivity index (χ4v) is 0. The molecule has 5 N–H and O–H groups in total. The van der Waals surface area contributed by atoms with E-state index in [0.29, 0.717) is 0 Å². The molecule has 12 heavy (non-hydrogen) atoms. The van der Waals surface area contributed by atoms with Crippen LogP contribution in [0.2, 0.25) is 0 Å². The standard InChI is InChI=1S/ClH2O4P.H3O4P.Sr.2H/c1-5-6(2,3)4;1-5(2,3)4;;;/h(H2,2,3,4);(H3,1,2,3,4);;;. The first-order chi connectivity index (χ1) is 4.56. The molecule has 0 atom stereocenters. The van der Waals surface area contributed by atoms with Gasteiger partial charge < -0.3 is 24.5 Å². The average Bonchev–Trinajstić information content (AvgIpc) is 1.59. The summed E-state index contributed by atoms with van der Waals surface area (Å²) < 4.78 is 21.3. The number of hydrogen-bond donors (Lipinski definition) is 5. The third kappa shape index (κ3) is 58.2. The van der Waals surface area contributed by atoms with Crippen molar-refractivity contribution in [2.24, 2.45) is 0 Å². The van der Waals surface area contributed by atoms with E-state index in [2.05, 4.69) is 15.9 Å². The van der Waals surface area contributed by atoms with Crippen LogP contribution < -0.4 is 0 Å². The van der Waals surface area contributed by atoms with E-state index in [1.807, 2.05) is 0 Å². The molecule has 0 aromatic heterocycles. The minimum absolute atomic E-state index is 0. The molecule has 0 rings (SSSR count). The predicted octanol–water partition coefficient (Wildman–Crippen LogP) is -1.60. The molecular weight excluding hydrogens is 313 g/mol. The van der Waals surface area contributed by atoms with Crippen LogP contribution >= 0.6 is 27.5 Å². The summed E-state index contributed by atoms with van der Waals surface area (Å²) in [6.07, 6.45) is 0. The summed E-state index contributed by atoms with van der Waals surface area (Å²) in [4.78, 5) is 36.7. The topological polar surface area (TPSA) is 145 Å². The number of phosphoric acid groups is 2. The van der Waals surface area contributed by atoms with Crippen LogP contribution in [-0.4, -0.2) is 69.9 Å². The van der Waals surface area contributed by atoms with Gasteiger partial charge in [-0.2, -0.15) is 4.08 Å². The molecule has 0 saturated heterocycles. The molecule has 0 aliphatic heterocycles. The van der Waals surface area contributed by atoms with Gasteiger partial charge in [0.2, 0.25) is 0 Å². The van der Waals surface area contributed by atoms with E-state index < -0.39 is 15.6 Å². The van der Waals surface area contributed by atoms with Gasteiger partial charge in [0.15, 0.2) is 0 Å². The molecule has 12 heteroatoms. The second kappa shape index (κ2) is 8.31. The molecule has 0 aliphatic carbocycles. The summed E-state index contributed by atoms with van der Waals surface area (Å²) in [7, 11) is -9.02. The zero-order chi connectivity index (χ0) is 9.71. The first-order valence-electron chi connectivity index (χ1n) is 1.70. The molecule has 0 spiro atoms. The maximum atomic E-state index is 9.34. The van der Waals surface area contributed by atoms with Gasteiger partial charge in [-0.25, -0.2) is 9.13 Å². The minimum atomic E-state index is -4.64. The Morgan fingerprint density at radius 3 is 1.08 bits per heavy atom. The van der Waals surface area contributed by atoms with Crippen LogP contribution in [0.4, 0.5) is 0 Å². The van der Waals surface area contributed by atoms with E-state index in [9.17, 15) is 4.57 Å². The van der Waals surface area contributed by atoms with Crippen molar-refractivity contribution in [2.75, 3.05) is 0 Å². The molecule has 74 valence electrons. The van der Waals surface area contributed by atoms with Crippen molar-refractivity contribution in [1.29, 1.82) is 0 Å². The Morgan fingerprint density at radius 1 is 1.00 bits per heavy atom. The van der Waals surface area contributed by atoms with E-state index in [1.54, 1.807) is 0 Å². The van der Waals surface area contributed by atoms with Crippen molar-refractivity contribution in [3.63, 3.8) is 0 Å². The Morgan fingerprint density at radius 2 is 1.08 bits per heavy atom. The van der Waals surface area contributed by atoms with E-state index in [0.717, 1.165) is 0 Å². The Balaban J connectivity index is -0.000000126. The average molecular weight is 320 g/mol. The number of halogens is 1. The van der Waals surface area contributed by atoms with Gasteiger partial charge >= 0.3 is 61.1 Å². The van der Waals surface area contributed by atoms with E-state index in [1.165, 1.54) is 0 Å². The zero-order valence-corrected chi connectivity index (χ0v) is 7.28. The molecule has 0 aliphatic rings. The van der Waals surface area contributed by atoms with Gasteiger partial charge in [0, 0.05) is 0 Å². The van der Waals surface area contributed by atoms with Crippen LogP contribution in [0.25, 0.3) is 0 Å². The number of rotatable bonds is 1. The van der Waals surface area contributed by atoms with Crippen LogP contribution in [0.5, 0.6) is 0 Å². The monoisotopic (exact) mass is 320 g/mol. The van der Waals surface area contributed by atoms with Crippen molar-refractivity contribution < 1.29 is 37.7 Å². The van der Waals surface area contributed by atoms with E-state index >= 15 is 0 Å². The predicted molar refractivity (Wildman–Crippen MR) is 41.8 cm³/mol. The second-order valence-electron chi connectivity index (χ2n) is 1.07. The Labute approximate surface area is 109 Å². The van der Waals surface area contributed by atoms with Gasteiger partial charge in [0.05, 0.1) is 11.9 Å². The first-order valence-corrected chi connectivity index (χ1v) is 5.11. The Bertz CT molecular complexity index is 169. The molecule has 0 saturated carbocycles. The van der Waals surface area contributed by atoms with Crippen LogP contribution in [0.1, 0.15) is 0 Å². The molecule has 0 aromatic rings. The molecule has 8 nitrogen and oxygen atoms in total. The van der Waals surface area contributed by atoms with Crippen molar-refractivity contribution in [2.45, 2.75) is 0 Å². The summed E-state index contributed by atoms with van der Waals surface area (Å²) in [6.45, 7) is 0. The van der Waals surface area contributed by atoms with Crippen LogP contribution in [-0.2, 0) is 13.2 Å². The molecule has 0 radical (unpaired) electrons. The van der Waals surface area contributed by atoms with Gasteiger partial charge in [0.25, 0.3) is 0 Å². The van der Waals surface area contributed by atoms with Crippen molar-refractivity contribution in [3.05, 3.63) is 0 Å². The summed E-state index contributed by atoms with van der Waals surface area (Å²) in [5.41, 5.74) is 0. The van der Waals surface area contributed by atoms with Crippen molar-refractivity contribution in [1.82, 2.24) is 0 Å². The quantitative estimate of drug-likeness (QED) is 0.287. The van der Waals surface area contributed by atoms with Crippen molar-refractivity contribution >= 4 is 73.0 Å². The third-order valence-electron chi connectivity index (χ3n) is 0.0899. The summed E-state index contributed by atoms with van der Waals surface area (Å²) in [5.74, 6) is 0. The first kappa shape index (κ1) is 19.5. The van der Waals surface area contributed by atoms with Gasteiger partial charge in [-0.1, -0.05) is 0 Å². The van der Waals surface area contributed by atoms with Gasteiger partial charge in [-0.05, 0) is 0 Å². The fourth-order valence-electron chi connectivity index (χ4n) is 0. The molecule has 0 fully saturated rings. The van der Waals surface area contributed by atoms with Crippen molar-refractivity contribution in [3.8, 4) is 0 Å². The fraction of sp³-hybridized carbons (Fsp3) is 0. The third-order valence-corrected chi connectivity index (χ3v) is 0.809. The SMILES string of the molecule is O=P(O)(O)O.O=P(O)(O)OCl.[SrH2]. The van der Waals surface area contributed by atoms with Crippen LogP contribution in [0, 0.1) is 0 Å². The molecule has 0 amide bonds. The van der Waals surface area contributed by atoms with Gasteiger partial charge in [-0.3, -0.25) is 0 Å². The normalized spacial score (nSPS) is 10.8. The molecule has 0 bridgehead atoms. The van der Waals surface area contributed by atoms with E-state index in [4.69, 9.17) is 29.0 Å². The second-order valence-corrected chi connectivity index (χ2v) is 3.63. The molecule has 0 unspecified atom stereocenters. The molecule has 0 aromatic carbocycles. The van der Waals surface area contributed by atoms with Gasteiger partial charge in [-0.15, -0.1) is 0 Å². The number of hydrogen-bond acceptors (Lipinski definition) is 3. The Kier molecular flexibility index (Phi) is 13.5. The molecular formula is H7ClO8P2Sr. The van der Waals surface area contributed by atoms with Crippen LogP contribution in [0.15, 0.2) is 0 Å². The maximum absolute atomic E-state index is 9.34. The Hall–Kier alpha value is 1.99. The zero-order valence-electron chi connectivity index (χ0n) is 4.73. The summed E-state index contributed by atoms with van der Waals surface area (Å²) in [6, 6.07) is 0. The summed E-state index contributed by atoms with van der Waals surface area (Å²) in [5, 5.41) is 0. The van der Waals surface area contributed by atoms with Crippen LogP contribution in [0.3, 0.4) is 0 Å². The van der Waals surface area contributed by atoms with Gasteiger partial charge in [0.1, 0.15) is 0 Å².